The molecule has 1 atom stereocenters. The molecule has 2 heterocycles. The van der Waals surface area contributed by atoms with Gasteiger partial charge in [0.05, 0.1) is 11.9 Å². The topological polar surface area (TPSA) is 56.7 Å². The summed E-state index contributed by atoms with van der Waals surface area (Å²) in [5, 5.41) is 0. The Labute approximate surface area is 108 Å². The first kappa shape index (κ1) is 12.8. The van der Waals surface area contributed by atoms with E-state index in [9.17, 15) is 0 Å². The van der Waals surface area contributed by atoms with E-state index in [0.717, 1.165) is 30.8 Å². The second kappa shape index (κ2) is 5.78. The molecule has 0 aliphatic rings. The Bertz CT molecular complexity index is 504. The molecule has 96 valence electrons. The predicted molar refractivity (Wildman–Crippen MR) is 72.7 cm³/mol. The number of nitrogens with zero attached hydrogens (tertiary/aromatic N) is 3. The molecule has 4 heteroatoms. The van der Waals surface area contributed by atoms with Gasteiger partial charge in [-0.15, -0.1) is 0 Å². The zero-order valence-corrected chi connectivity index (χ0v) is 11.0. The number of aromatic nitrogens is 3. The quantitative estimate of drug-likeness (QED) is 0.876. The van der Waals surface area contributed by atoms with Crippen LogP contribution >= 0.6 is 0 Å². The summed E-state index contributed by atoms with van der Waals surface area (Å²) in [6.45, 7) is 4.20. The minimum absolute atomic E-state index is 0.204. The van der Waals surface area contributed by atoms with Crippen LogP contribution in [0.2, 0.25) is 0 Å². The smallest absolute Gasteiger partial charge is 0.112 e. The van der Waals surface area contributed by atoms with Gasteiger partial charge in [0.15, 0.2) is 0 Å². The van der Waals surface area contributed by atoms with Crippen molar-refractivity contribution in [2.45, 2.75) is 39.2 Å². The molecule has 0 bridgehead atoms. The minimum atomic E-state index is 0.204. The Morgan fingerprint density at radius 1 is 1.33 bits per heavy atom. The van der Waals surface area contributed by atoms with Crippen molar-refractivity contribution in [2.75, 3.05) is 0 Å². The van der Waals surface area contributed by atoms with Gasteiger partial charge in [0.1, 0.15) is 5.82 Å². The van der Waals surface area contributed by atoms with Gasteiger partial charge in [-0.1, -0.05) is 13.8 Å². The van der Waals surface area contributed by atoms with Crippen LogP contribution in [-0.2, 0) is 12.8 Å². The van der Waals surface area contributed by atoms with Gasteiger partial charge in [-0.3, -0.25) is 4.98 Å². The molecule has 0 fully saturated rings. The number of pyridine rings is 1. The Morgan fingerprint density at radius 2 is 2.17 bits per heavy atom. The van der Waals surface area contributed by atoms with Crippen LogP contribution in [-0.4, -0.2) is 20.6 Å². The molecule has 0 spiro atoms. The summed E-state index contributed by atoms with van der Waals surface area (Å²) in [4.78, 5) is 8.63. The Hall–Kier alpha value is -1.68. The Balaban J connectivity index is 2.27. The van der Waals surface area contributed by atoms with Crippen LogP contribution in [0.3, 0.4) is 0 Å². The van der Waals surface area contributed by atoms with Crippen LogP contribution in [0.25, 0.3) is 5.69 Å². The molecule has 0 amide bonds. The molecule has 2 N–H and O–H groups in total. The molecule has 0 aliphatic heterocycles. The van der Waals surface area contributed by atoms with E-state index >= 15 is 0 Å². The number of hydrogen-bond donors (Lipinski definition) is 1. The molecule has 4 nitrogen and oxygen atoms in total. The fraction of sp³-hybridized carbons (Fsp3) is 0.429. The number of rotatable bonds is 5. The lowest BCUT2D eigenvalue weighted by molar-refractivity contribution is 0.644. The van der Waals surface area contributed by atoms with Crippen molar-refractivity contribution in [1.82, 2.24) is 14.5 Å². The van der Waals surface area contributed by atoms with Gasteiger partial charge in [0, 0.05) is 31.1 Å². The zero-order valence-electron chi connectivity index (χ0n) is 11.0. The van der Waals surface area contributed by atoms with Gasteiger partial charge < -0.3 is 10.3 Å². The van der Waals surface area contributed by atoms with Crippen molar-refractivity contribution in [3.05, 3.63) is 42.2 Å². The van der Waals surface area contributed by atoms with E-state index in [2.05, 4.69) is 34.4 Å². The van der Waals surface area contributed by atoms with E-state index in [0.29, 0.717) is 0 Å². The standard InChI is InChI=1S/C14H20N4/c1-3-12(15)7-11-8-13(10-16-9-11)18-6-5-17-14(18)4-2/h5-6,8-10,12H,3-4,7,15H2,1-2H3. The molecule has 0 saturated carbocycles. The maximum atomic E-state index is 5.98. The molecule has 2 rings (SSSR count). The normalized spacial score (nSPS) is 12.6. The summed E-state index contributed by atoms with van der Waals surface area (Å²) >= 11 is 0. The van der Waals surface area contributed by atoms with Crippen molar-refractivity contribution in [3.8, 4) is 5.69 Å². The van der Waals surface area contributed by atoms with Gasteiger partial charge in [-0.25, -0.2) is 4.98 Å². The fourth-order valence-corrected chi connectivity index (χ4v) is 2.00. The van der Waals surface area contributed by atoms with Crippen LogP contribution in [0.15, 0.2) is 30.9 Å². The van der Waals surface area contributed by atoms with E-state index in [1.165, 1.54) is 5.56 Å². The van der Waals surface area contributed by atoms with E-state index in [1.54, 1.807) is 0 Å². The zero-order chi connectivity index (χ0) is 13.0. The highest BCUT2D eigenvalue weighted by Gasteiger charge is 2.06. The molecule has 1 unspecified atom stereocenters. The number of aryl methyl sites for hydroxylation is 1. The van der Waals surface area contributed by atoms with Gasteiger partial charge in [-0.2, -0.15) is 0 Å². The summed E-state index contributed by atoms with van der Waals surface area (Å²) in [7, 11) is 0. The molecule has 18 heavy (non-hydrogen) atoms. The van der Waals surface area contributed by atoms with Gasteiger partial charge in [0.25, 0.3) is 0 Å². The van der Waals surface area contributed by atoms with E-state index in [4.69, 9.17) is 5.73 Å². The molecule has 2 aromatic rings. The van der Waals surface area contributed by atoms with E-state index < -0.39 is 0 Å². The Kier molecular flexibility index (Phi) is 4.10. The van der Waals surface area contributed by atoms with Crippen molar-refractivity contribution in [1.29, 1.82) is 0 Å². The average Bonchev–Trinajstić information content (AvgIpc) is 2.87. The molecule has 0 aromatic carbocycles. The summed E-state index contributed by atoms with van der Waals surface area (Å²) < 4.78 is 2.08. The lowest BCUT2D eigenvalue weighted by atomic mass is 10.1. The fourth-order valence-electron chi connectivity index (χ4n) is 2.00. The first-order valence-electron chi connectivity index (χ1n) is 6.46. The highest BCUT2D eigenvalue weighted by atomic mass is 15.1. The summed E-state index contributed by atoms with van der Waals surface area (Å²) in [5.74, 6) is 1.05. The molecule has 0 radical (unpaired) electrons. The van der Waals surface area contributed by atoms with Crippen molar-refractivity contribution in [3.63, 3.8) is 0 Å². The first-order chi connectivity index (χ1) is 8.74. The van der Waals surface area contributed by atoms with Crippen LogP contribution in [0.4, 0.5) is 0 Å². The van der Waals surface area contributed by atoms with Crippen molar-refractivity contribution < 1.29 is 0 Å². The third kappa shape index (κ3) is 2.76. The van der Waals surface area contributed by atoms with E-state index in [1.807, 2.05) is 24.8 Å². The minimum Gasteiger partial charge on any atom is -0.327 e. The second-order valence-corrected chi connectivity index (χ2v) is 4.49. The number of imidazole rings is 1. The predicted octanol–water partition coefficient (Wildman–Crippen LogP) is 2.11. The molecule has 0 saturated heterocycles. The molecular formula is C14H20N4. The highest BCUT2D eigenvalue weighted by Crippen LogP contribution is 2.13. The lowest BCUT2D eigenvalue weighted by Gasteiger charge is -2.11. The maximum absolute atomic E-state index is 5.98. The number of nitrogens with two attached hydrogens (primary N) is 1. The van der Waals surface area contributed by atoms with Gasteiger partial charge >= 0.3 is 0 Å². The Morgan fingerprint density at radius 3 is 2.89 bits per heavy atom. The lowest BCUT2D eigenvalue weighted by Crippen LogP contribution is -2.21. The van der Waals surface area contributed by atoms with Crippen molar-refractivity contribution in [2.24, 2.45) is 5.73 Å². The third-order valence-corrected chi connectivity index (χ3v) is 3.11. The summed E-state index contributed by atoms with van der Waals surface area (Å²) in [6.07, 6.45) is 10.3. The van der Waals surface area contributed by atoms with E-state index in [-0.39, 0.29) is 6.04 Å². The molecular weight excluding hydrogens is 224 g/mol. The third-order valence-electron chi connectivity index (χ3n) is 3.11. The molecule has 0 aliphatic carbocycles. The number of hydrogen-bond acceptors (Lipinski definition) is 3. The molecule has 2 aromatic heterocycles. The summed E-state index contributed by atoms with van der Waals surface area (Å²) in [6, 6.07) is 2.35. The van der Waals surface area contributed by atoms with Crippen LogP contribution in [0.5, 0.6) is 0 Å². The van der Waals surface area contributed by atoms with Crippen LogP contribution in [0, 0.1) is 0 Å². The largest absolute Gasteiger partial charge is 0.327 e. The van der Waals surface area contributed by atoms with Crippen LogP contribution in [0.1, 0.15) is 31.7 Å². The van der Waals surface area contributed by atoms with Crippen molar-refractivity contribution >= 4 is 0 Å². The highest BCUT2D eigenvalue weighted by molar-refractivity contribution is 5.34. The second-order valence-electron chi connectivity index (χ2n) is 4.49. The monoisotopic (exact) mass is 244 g/mol. The van der Waals surface area contributed by atoms with Gasteiger partial charge in [-0.05, 0) is 24.5 Å². The van der Waals surface area contributed by atoms with Crippen LogP contribution < -0.4 is 5.73 Å². The maximum Gasteiger partial charge on any atom is 0.112 e. The van der Waals surface area contributed by atoms with Gasteiger partial charge in [0.2, 0.25) is 0 Å². The summed E-state index contributed by atoms with van der Waals surface area (Å²) in [5.41, 5.74) is 8.22. The first-order valence-corrected chi connectivity index (χ1v) is 6.46. The average molecular weight is 244 g/mol. The SMILES string of the molecule is CCc1nccn1-c1cncc(CC(N)CC)c1.